The average Bonchev–Trinajstić information content (AvgIpc) is 3.68. The van der Waals surface area contributed by atoms with E-state index in [2.05, 4.69) is 31.6 Å². The van der Waals surface area contributed by atoms with Crippen LogP contribution in [-0.2, 0) is 21.4 Å². The van der Waals surface area contributed by atoms with Crippen molar-refractivity contribution in [3.63, 3.8) is 0 Å². The molecule has 5 fully saturated rings. The van der Waals surface area contributed by atoms with Crippen molar-refractivity contribution < 1.29 is 27.5 Å². The number of rotatable bonds is 6. The number of methoxy groups -OCH3 is 1. The lowest BCUT2D eigenvalue weighted by Crippen LogP contribution is -2.49. The second-order valence-electron chi connectivity index (χ2n) is 16.9. The molecule has 3 aliphatic carbocycles. The zero-order chi connectivity index (χ0) is 36.4. The molecule has 2 unspecified atom stereocenters. The molecule has 4 amide bonds. The van der Waals surface area contributed by atoms with E-state index in [1.165, 1.54) is 12.0 Å². The lowest BCUT2D eigenvalue weighted by molar-refractivity contribution is -0.137. The topological polar surface area (TPSA) is 130 Å². The van der Waals surface area contributed by atoms with Crippen molar-refractivity contribution in [2.45, 2.75) is 88.8 Å². The summed E-state index contributed by atoms with van der Waals surface area (Å²) in [5.74, 6) is 0.639. The number of urea groups is 1. The molecule has 9 rings (SSSR count). The molecule has 0 bridgehead atoms. The Bertz CT molecular complexity index is 2130. The number of nitrogens with zero attached hydrogens (tertiary/aromatic N) is 3. The third kappa shape index (κ3) is 4.67. The van der Waals surface area contributed by atoms with E-state index in [4.69, 9.17) is 4.74 Å². The van der Waals surface area contributed by atoms with E-state index in [1.54, 1.807) is 34.1 Å². The van der Waals surface area contributed by atoms with E-state index in [9.17, 15) is 18.0 Å². The first kappa shape index (κ1) is 33.8. The highest BCUT2D eigenvalue weighted by molar-refractivity contribution is 7.90. The quantitative estimate of drug-likeness (QED) is 0.341. The van der Waals surface area contributed by atoms with Crippen molar-refractivity contribution in [3.05, 3.63) is 53.1 Å². The Kier molecular flexibility index (Phi) is 7.44. The summed E-state index contributed by atoms with van der Waals surface area (Å²) in [5.41, 5.74) is 4.99. The van der Waals surface area contributed by atoms with Gasteiger partial charge in [0.1, 0.15) is 5.75 Å². The highest BCUT2D eigenvalue weighted by Gasteiger charge is 2.72. The van der Waals surface area contributed by atoms with Crippen molar-refractivity contribution >= 4 is 38.8 Å². The number of amides is 4. The molecule has 1 aromatic heterocycles. The Hall–Kier alpha value is -4.06. The van der Waals surface area contributed by atoms with Gasteiger partial charge in [-0.1, -0.05) is 25.3 Å². The van der Waals surface area contributed by atoms with E-state index >= 15 is 4.79 Å². The van der Waals surface area contributed by atoms with Crippen LogP contribution in [0.4, 0.5) is 4.79 Å². The van der Waals surface area contributed by atoms with Gasteiger partial charge < -0.3 is 24.4 Å². The standard InChI is InChI=1S/C40H49N5O6S/c1-24(2)52(49,50)42-35(46)26-10-12-29-32(16-26)45-23-40(36(47)43-19-38-14-15-39(38,20-43)22-44(21-38)37(48)41-3)18-31(40)30-17-27(51-4)11-13-28(30)34(45)33(29)25-8-6-5-7-9-25/h10-13,16-17,24-25,31H,5-9,14-15,18-23H2,1-4H3,(H,41,48)(H,42,46)/t31-,38?,39?,40-/m0/s1. The number of fused-ring (bicyclic) bond motifs is 7. The van der Waals surface area contributed by atoms with Crippen LogP contribution >= 0.6 is 0 Å². The van der Waals surface area contributed by atoms with Crippen LogP contribution in [0.1, 0.15) is 98.5 Å². The Morgan fingerprint density at radius 2 is 1.60 bits per heavy atom. The van der Waals surface area contributed by atoms with Crippen LogP contribution in [0.25, 0.3) is 22.2 Å². The van der Waals surface area contributed by atoms with Gasteiger partial charge in [-0.2, -0.15) is 0 Å². The van der Waals surface area contributed by atoms with Crippen molar-refractivity contribution in [2.75, 3.05) is 40.3 Å². The van der Waals surface area contributed by atoms with Gasteiger partial charge in [-0.25, -0.2) is 17.9 Å². The van der Waals surface area contributed by atoms with Gasteiger partial charge in [0.15, 0.2) is 0 Å². The number of nitrogens with one attached hydrogen (secondary N) is 2. The fourth-order valence-electron chi connectivity index (χ4n) is 11.0. The zero-order valence-electron chi connectivity index (χ0n) is 30.6. The minimum Gasteiger partial charge on any atom is -0.497 e. The smallest absolute Gasteiger partial charge is 0.317 e. The van der Waals surface area contributed by atoms with Crippen molar-refractivity contribution in [1.82, 2.24) is 24.4 Å². The highest BCUT2D eigenvalue weighted by atomic mass is 32.2. The zero-order valence-corrected chi connectivity index (χ0v) is 31.4. The first-order chi connectivity index (χ1) is 24.9. The maximum atomic E-state index is 15.2. The van der Waals surface area contributed by atoms with Crippen molar-refractivity contribution in [2.24, 2.45) is 16.2 Å². The Morgan fingerprint density at radius 3 is 2.23 bits per heavy atom. The Morgan fingerprint density at radius 1 is 0.904 bits per heavy atom. The van der Waals surface area contributed by atoms with E-state index < -0.39 is 26.6 Å². The first-order valence-corrected chi connectivity index (χ1v) is 20.6. The molecule has 11 nitrogen and oxygen atoms in total. The predicted octanol–water partition coefficient (Wildman–Crippen LogP) is 5.58. The van der Waals surface area contributed by atoms with Crippen LogP contribution in [0.2, 0.25) is 0 Å². The second kappa shape index (κ2) is 11.5. The highest BCUT2D eigenvalue weighted by Crippen LogP contribution is 2.69. The summed E-state index contributed by atoms with van der Waals surface area (Å²) in [4.78, 5) is 45.4. The number of carbonyl (C=O) groups is 3. The molecular formula is C40H49N5O6S. The summed E-state index contributed by atoms with van der Waals surface area (Å²) in [7, 11) is -0.471. The number of carbonyl (C=O) groups excluding carboxylic acids is 3. The molecule has 3 aliphatic heterocycles. The molecule has 2 N–H and O–H groups in total. The lowest BCUT2D eigenvalue weighted by atomic mass is 9.53. The fraction of sp³-hybridized carbons (Fsp3) is 0.575. The molecule has 2 saturated heterocycles. The maximum Gasteiger partial charge on any atom is 0.317 e. The molecule has 4 atom stereocenters. The van der Waals surface area contributed by atoms with Crippen LogP contribution < -0.4 is 14.8 Å². The van der Waals surface area contributed by atoms with Gasteiger partial charge in [0, 0.05) is 78.5 Å². The van der Waals surface area contributed by atoms with Crippen LogP contribution in [-0.4, -0.2) is 86.2 Å². The number of hydrogen-bond acceptors (Lipinski definition) is 6. The number of ether oxygens (including phenoxy) is 1. The molecule has 0 spiro atoms. The van der Waals surface area contributed by atoms with Crippen LogP contribution in [0.3, 0.4) is 0 Å². The van der Waals surface area contributed by atoms with Gasteiger partial charge in [-0.15, -0.1) is 0 Å². The fourth-order valence-corrected chi connectivity index (χ4v) is 11.6. The van der Waals surface area contributed by atoms with Crippen LogP contribution in [0.15, 0.2) is 36.4 Å². The van der Waals surface area contributed by atoms with E-state index in [-0.39, 0.29) is 34.2 Å². The van der Waals surface area contributed by atoms with Gasteiger partial charge in [0.2, 0.25) is 15.9 Å². The molecule has 276 valence electrons. The van der Waals surface area contributed by atoms with Gasteiger partial charge in [-0.3, -0.25) is 9.59 Å². The summed E-state index contributed by atoms with van der Waals surface area (Å²) < 4.78 is 35.8. The molecule has 2 aromatic carbocycles. The lowest BCUT2D eigenvalue weighted by Gasteiger charge is -2.48. The van der Waals surface area contributed by atoms with Gasteiger partial charge in [0.05, 0.1) is 23.5 Å². The molecule has 0 radical (unpaired) electrons. The minimum atomic E-state index is -3.83. The summed E-state index contributed by atoms with van der Waals surface area (Å²) in [5, 5.41) is 3.11. The summed E-state index contributed by atoms with van der Waals surface area (Å²) in [6.45, 7) is 6.27. The van der Waals surface area contributed by atoms with Gasteiger partial charge >= 0.3 is 6.03 Å². The normalized spacial score (nSPS) is 29.0. The van der Waals surface area contributed by atoms with Crippen molar-refractivity contribution in [3.8, 4) is 17.0 Å². The number of benzene rings is 2. The molecule has 3 aromatic rings. The molecule has 6 aliphatic rings. The van der Waals surface area contributed by atoms with Crippen molar-refractivity contribution in [1.29, 1.82) is 0 Å². The Balaban J connectivity index is 1.17. The number of hydrogen-bond donors (Lipinski definition) is 2. The maximum absolute atomic E-state index is 15.2. The minimum absolute atomic E-state index is 0.0115. The van der Waals surface area contributed by atoms with Gasteiger partial charge in [-0.05, 0) is 93.3 Å². The molecule has 3 saturated carbocycles. The molecule has 4 heterocycles. The Labute approximate surface area is 305 Å². The molecular weight excluding hydrogens is 679 g/mol. The monoisotopic (exact) mass is 727 g/mol. The SMILES string of the molecule is CNC(=O)N1CC23CCC2(C1)CN(C(=O)[C@]12C[C@H]1c1cc(OC)ccc1-c1c(C4CCCCC4)c4ccc(C(=O)NS(=O)(=O)C(C)C)cc4n1C2)C3. The van der Waals surface area contributed by atoms with E-state index in [0.717, 1.165) is 78.4 Å². The second-order valence-corrected chi connectivity index (χ2v) is 19.2. The third-order valence-electron chi connectivity index (χ3n) is 14.0. The van der Waals surface area contributed by atoms with E-state index in [1.807, 2.05) is 23.1 Å². The predicted molar refractivity (Wildman–Crippen MR) is 198 cm³/mol. The molecule has 12 heteroatoms. The van der Waals surface area contributed by atoms with Gasteiger partial charge in [0.25, 0.3) is 5.91 Å². The summed E-state index contributed by atoms with van der Waals surface area (Å²) in [6.07, 6.45) is 8.44. The average molecular weight is 728 g/mol. The third-order valence-corrected chi connectivity index (χ3v) is 15.7. The number of sulfonamides is 1. The van der Waals surface area contributed by atoms with Crippen LogP contribution in [0, 0.1) is 16.2 Å². The number of likely N-dealkylation sites (tertiary alicyclic amines) is 2. The summed E-state index contributed by atoms with van der Waals surface area (Å²) >= 11 is 0. The molecule has 52 heavy (non-hydrogen) atoms. The largest absolute Gasteiger partial charge is 0.497 e. The van der Waals surface area contributed by atoms with E-state index in [0.29, 0.717) is 38.6 Å². The number of aromatic nitrogens is 1. The first-order valence-electron chi connectivity index (χ1n) is 19.0. The van der Waals surface area contributed by atoms with Crippen LogP contribution in [0.5, 0.6) is 5.75 Å². The summed E-state index contributed by atoms with van der Waals surface area (Å²) in [6, 6.07) is 11.8.